The van der Waals surface area contributed by atoms with Crippen LogP contribution in [0.5, 0.6) is 11.5 Å². The number of rotatable bonds is 6. The van der Waals surface area contributed by atoms with Crippen LogP contribution in [0, 0.1) is 0 Å². The Balaban J connectivity index is 1.65. The summed E-state index contributed by atoms with van der Waals surface area (Å²) in [6, 6.07) is 24.2. The van der Waals surface area contributed by atoms with Crippen molar-refractivity contribution in [3.63, 3.8) is 0 Å². The molecule has 25 heavy (non-hydrogen) atoms. The zero-order valence-corrected chi connectivity index (χ0v) is 13.9. The van der Waals surface area contributed by atoms with E-state index in [0.717, 1.165) is 22.7 Å². The number of para-hydroxylation sites is 1. The van der Waals surface area contributed by atoms with Gasteiger partial charge in [0.2, 0.25) is 0 Å². The largest absolute Gasteiger partial charge is 0.497 e. The lowest BCUT2D eigenvalue weighted by atomic mass is 10.1. The fourth-order valence-electron chi connectivity index (χ4n) is 2.38. The van der Waals surface area contributed by atoms with Crippen molar-refractivity contribution in [2.45, 2.75) is 6.61 Å². The second-order valence-electron chi connectivity index (χ2n) is 5.49. The third-order valence-electron chi connectivity index (χ3n) is 3.67. The van der Waals surface area contributed by atoms with Crippen molar-refractivity contribution in [3.05, 3.63) is 90.0 Å². The highest BCUT2D eigenvalue weighted by atomic mass is 16.5. The van der Waals surface area contributed by atoms with E-state index in [1.54, 1.807) is 13.2 Å². The minimum atomic E-state index is -0.144. The monoisotopic (exact) mass is 333 g/mol. The molecule has 0 aliphatic heterocycles. The van der Waals surface area contributed by atoms with Crippen molar-refractivity contribution in [2.24, 2.45) is 0 Å². The molecule has 0 heterocycles. The number of benzene rings is 3. The first kappa shape index (κ1) is 16.6. The van der Waals surface area contributed by atoms with E-state index in [1.165, 1.54) is 0 Å². The molecule has 1 amide bonds. The normalized spacial score (nSPS) is 10.1. The third-order valence-corrected chi connectivity index (χ3v) is 3.67. The number of hydrogen-bond donors (Lipinski definition) is 1. The molecule has 0 fully saturated rings. The molecule has 0 saturated carbocycles. The number of anilines is 1. The molecule has 0 aromatic heterocycles. The zero-order valence-electron chi connectivity index (χ0n) is 13.9. The molecule has 4 nitrogen and oxygen atoms in total. The first-order chi connectivity index (χ1) is 12.2. The first-order valence-corrected chi connectivity index (χ1v) is 7.97. The molecule has 0 aliphatic rings. The van der Waals surface area contributed by atoms with E-state index in [4.69, 9.17) is 9.47 Å². The van der Waals surface area contributed by atoms with Gasteiger partial charge in [0, 0.05) is 17.3 Å². The van der Waals surface area contributed by atoms with Gasteiger partial charge in [-0.2, -0.15) is 0 Å². The highest BCUT2D eigenvalue weighted by Crippen LogP contribution is 2.20. The van der Waals surface area contributed by atoms with Gasteiger partial charge in [-0.25, -0.2) is 0 Å². The number of methoxy groups -OCH3 is 1. The Morgan fingerprint density at radius 1 is 0.880 bits per heavy atom. The van der Waals surface area contributed by atoms with Gasteiger partial charge in [0.1, 0.15) is 18.1 Å². The van der Waals surface area contributed by atoms with Gasteiger partial charge in [-0.05, 0) is 42.0 Å². The predicted molar refractivity (Wildman–Crippen MR) is 98.2 cm³/mol. The summed E-state index contributed by atoms with van der Waals surface area (Å²) in [6.45, 7) is 0.375. The SMILES string of the molecule is COc1cccc(OCc2cccc(C(=O)Nc3ccccc3)c2)c1. The van der Waals surface area contributed by atoms with Crippen LogP contribution in [0.3, 0.4) is 0 Å². The lowest BCUT2D eigenvalue weighted by molar-refractivity contribution is 0.102. The summed E-state index contributed by atoms with van der Waals surface area (Å²) in [4.78, 5) is 12.4. The van der Waals surface area contributed by atoms with Crippen molar-refractivity contribution in [1.29, 1.82) is 0 Å². The minimum absolute atomic E-state index is 0.144. The molecule has 3 aromatic carbocycles. The maximum Gasteiger partial charge on any atom is 0.255 e. The molecular weight excluding hydrogens is 314 g/mol. The highest BCUT2D eigenvalue weighted by Gasteiger charge is 2.07. The molecule has 0 spiro atoms. The number of carbonyl (C=O) groups excluding carboxylic acids is 1. The van der Waals surface area contributed by atoms with E-state index in [-0.39, 0.29) is 5.91 Å². The van der Waals surface area contributed by atoms with Crippen molar-refractivity contribution < 1.29 is 14.3 Å². The number of carbonyl (C=O) groups is 1. The van der Waals surface area contributed by atoms with Crippen LogP contribution in [0.1, 0.15) is 15.9 Å². The highest BCUT2D eigenvalue weighted by molar-refractivity contribution is 6.04. The fraction of sp³-hybridized carbons (Fsp3) is 0.0952. The minimum Gasteiger partial charge on any atom is -0.497 e. The van der Waals surface area contributed by atoms with Gasteiger partial charge in [-0.1, -0.05) is 36.4 Å². The average molecular weight is 333 g/mol. The molecule has 3 rings (SSSR count). The van der Waals surface area contributed by atoms with E-state index in [9.17, 15) is 4.79 Å². The molecule has 4 heteroatoms. The van der Waals surface area contributed by atoms with Gasteiger partial charge in [0.25, 0.3) is 5.91 Å². The molecule has 0 bridgehead atoms. The number of nitrogens with one attached hydrogen (secondary N) is 1. The smallest absolute Gasteiger partial charge is 0.255 e. The number of hydrogen-bond acceptors (Lipinski definition) is 3. The first-order valence-electron chi connectivity index (χ1n) is 7.97. The molecule has 0 saturated heterocycles. The summed E-state index contributed by atoms with van der Waals surface area (Å²) >= 11 is 0. The fourth-order valence-corrected chi connectivity index (χ4v) is 2.38. The standard InChI is InChI=1S/C21H19NO3/c1-24-19-11-6-12-20(14-19)25-15-16-7-5-8-17(13-16)21(23)22-18-9-3-2-4-10-18/h2-14H,15H2,1H3,(H,22,23). The maximum absolute atomic E-state index is 12.4. The van der Waals surface area contributed by atoms with E-state index in [2.05, 4.69) is 5.32 Å². The summed E-state index contributed by atoms with van der Waals surface area (Å²) in [7, 11) is 1.62. The van der Waals surface area contributed by atoms with Crippen LogP contribution >= 0.6 is 0 Å². The van der Waals surface area contributed by atoms with Gasteiger partial charge < -0.3 is 14.8 Å². The second kappa shape index (κ2) is 8.02. The van der Waals surface area contributed by atoms with E-state index < -0.39 is 0 Å². The van der Waals surface area contributed by atoms with Crippen molar-refractivity contribution in [1.82, 2.24) is 0 Å². The molecule has 0 aliphatic carbocycles. The van der Waals surface area contributed by atoms with E-state index >= 15 is 0 Å². The molecule has 3 aromatic rings. The lowest BCUT2D eigenvalue weighted by Crippen LogP contribution is -2.12. The van der Waals surface area contributed by atoms with Gasteiger partial charge in [-0.15, -0.1) is 0 Å². The Bertz CT molecular complexity index is 847. The van der Waals surface area contributed by atoms with Gasteiger partial charge in [-0.3, -0.25) is 4.79 Å². The van der Waals surface area contributed by atoms with E-state index in [1.807, 2.05) is 72.8 Å². The maximum atomic E-state index is 12.4. The summed E-state index contributed by atoms with van der Waals surface area (Å²) < 4.78 is 11.0. The summed E-state index contributed by atoms with van der Waals surface area (Å²) in [6.07, 6.45) is 0. The van der Waals surface area contributed by atoms with Crippen LogP contribution < -0.4 is 14.8 Å². The Labute approximate surface area is 147 Å². The summed E-state index contributed by atoms with van der Waals surface area (Å²) in [5, 5.41) is 2.88. The van der Waals surface area contributed by atoms with Crippen LogP contribution in [0.4, 0.5) is 5.69 Å². The zero-order chi connectivity index (χ0) is 17.5. The predicted octanol–water partition coefficient (Wildman–Crippen LogP) is 4.53. The summed E-state index contributed by atoms with van der Waals surface area (Å²) in [5.41, 5.74) is 2.28. The lowest BCUT2D eigenvalue weighted by Gasteiger charge is -2.09. The van der Waals surface area contributed by atoms with Crippen molar-refractivity contribution >= 4 is 11.6 Å². The molecule has 0 atom stereocenters. The average Bonchev–Trinajstić information content (AvgIpc) is 2.67. The van der Waals surface area contributed by atoms with Crippen LogP contribution in [0.2, 0.25) is 0 Å². The van der Waals surface area contributed by atoms with Crippen LogP contribution in [0.15, 0.2) is 78.9 Å². The van der Waals surface area contributed by atoms with E-state index in [0.29, 0.717) is 12.2 Å². The molecular formula is C21H19NO3. The summed E-state index contributed by atoms with van der Waals surface area (Å²) in [5.74, 6) is 1.32. The Kier molecular flexibility index (Phi) is 5.32. The number of amides is 1. The van der Waals surface area contributed by atoms with Gasteiger partial charge >= 0.3 is 0 Å². The molecule has 126 valence electrons. The van der Waals surface area contributed by atoms with Crippen molar-refractivity contribution in [3.8, 4) is 11.5 Å². The quantitative estimate of drug-likeness (QED) is 0.721. The third kappa shape index (κ3) is 4.61. The Hall–Kier alpha value is -3.27. The van der Waals surface area contributed by atoms with Gasteiger partial charge in [0.15, 0.2) is 0 Å². The van der Waals surface area contributed by atoms with Gasteiger partial charge in [0.05, 0.1) is 7.11 Å². The van der Waals surface area contributed by atoms with Crippen LogP contribution in [0.25, 0.3) is 0 Å². The Morgan fingerprint density at radius 3 is 2.44 bits per heavy atom. The second-order valence-corrected chi connectivity index (χ2v) is 5.49. The topological polar surface area (TPSA) is 47.6 Å². The van der Waals surface area contributed by atoms with Crippen LogP contribution in [-0.2, 0) is 6.61 Å². The Morgan fingerprint density at radius 2 is 1.64 bits per heavy atom. The molecule has 0 unspecified atom stereocenters. The van der Waals surface area contributed by atoms with Crippen LogP contribution in [-0.4, -0.2) is 13.0 Å². The number of ether oxygens (including phenoxy) is 2. The van der Waals surface area contributed by atoms with Crippen molar-refractivity contribution in [2.75, 3.05) is 12.4 Å². The molecule has 1 N–H and O–H groups in total. The molecule has 0 radical (unpaired) electrons.